The van der Waals surface area contributed by atoms with Crippen LogP contribution < -0.4 is 10.9 Å². The summed E-state index contributed by atoms with van der Waals surface area (Å²) in [5.74, 6) is -1.06. The molecule has 0 atom stereocenters. The normalized spacial score (nSPS) is 10.6. The Hall–Kier alpha value is -3.40. The Morgan fingerprint density at radius 3 is 2.58 bits per heavy atom. The second-order valence-electron chi connectivity index (χ2n) is 6.72. The van der Waals surface area contributed by atoms with E-state index in [-0.39, 0.29) is 28.8 Å². The molecule has 0 aliphatic heterocycles. The highest BCUT2D eigenvalue weighted by molar-refractivity contribution is 7.13. The minimum absolute atomic E-state index is 0.0358. The lowest BCUT2D eigenvalue weighted by Gasteiger charge is -2.06. The number of carbonyl (C=O) groups excluding carboxylic acids is 2. The van der Waals surface area contributed by atoms with Crippen molar-refractivity contribution >= 4 is 28.9 Å². The maximum Gasteiger partial charge on any atom is 0.359 e. The van der Waals surface area contributed by atoms with Crippen molar-refractivity contribution in [3.05, 3.63) is 68.0 Å². The topological polar surface area (TPSA) is 116 Å². The van der Waals surface area contributed by atoms with Gasteiger partial charge in [-0.15, -0.1) is 10.2 Å². The molecule has 1 aromatic carbocycles. The number of hydrogen-bond acceptors (Lipinski definition) is 8. The first-order chi connectivity index (χ1) is 15.0. The van der Waals surface area contributed by atoms with E-state index in [4.69, 9.17) is 4.74 Å². The minimum atomic E-state index is -0.678. The van der Waals surface area contributed by atoms with Crippen molar-refractivity contribution in [2.24, 2.45) is 0 Å². The predicted octanol–water partition coefficient (Wildman–Crippen LogP) is 3.07. The number of anilines is 1. The third-order valence-electron chi connectivity index (χ3n) is 4.41. The van der Waals surface area contributed by atoms with Gasteiger partial charge < -0.3 is 10.1 Å². The first-order valence-electron chi connectivity index (χ1n) is 9.98. The number of ether oxygens (including phenoxy) is 1. The van der Waals surface area contributed by atoms with Crippen LogP contribution in [0, 0.1) is 0 Å². The molecule has 3 aromatic rings. The van der Waals surface area contributed by atoms with E-state index in [0.29, 0.717) is 17.2 Å². The first-order valence-corrected chi connectivity index (χ1v) is 10.8. The van der Waals surface area contributed by atoms with Gasteiger partial charge in [0.15, 0.2) is 10.7 Å². The van der Waals surface area contributed by atoms with E-state index >= 15 is 0 Å². The highest BCUT2D eigenvalue weighted by Crippen LogP contribution is 2.15. The molecule has 0 radical (unpaired) electrons. The molecule has 0 saturated heterocycles. The standard InChI is InChI=1S/C21H23N5O4S/c1-3-5-12-26-18(27)11-10-16(25-26)21(29)30-13-17-23-24-20(31-17)19(28)22-15-8-6-14(4-2)7-9-15/h6-11H,3-5,12-13H2,1-2H3,(H,22,28). The summed E-state index contributed by atoms with van der Waals surface area (Å²) >= 11 is 1.03. The number of aromatic nitrogens is 4. The fourth-order valence-electron chi connectivity index (χ4n) is 2.64. The van der Waals surface area contributed by atoms with Gasteiger partial charge in [0.25, 0.3) is 11.5 Å². The Morgan fingerprint density at radius 1 is 1.10 bits per heavy atom. The predicted molar refractivity (Wildman–Crippen MR) is 116 cm³/mol. The molecule has 10 heteroatoms. The molecule has 1 N–H and O–H groups in total. The van der Waals surface area contributed by atoms with Gasteiger partial charge in [-0.05, 0) is 36.6 Å². The van der Waals surface area contributed by atoms with Crippen molar-refractivity contribution in [2.45, 2.75) is 46.3 Å². The molecule has 1 amide bonds. The SMILES string of the molecule is CCCCn1nc(C(=O)OCc2nnc(C(=O)Nc3ccc(CC)cc3)s2)ccc1=O. The highest BCUT2D eigenvalue weighted by Gasteiger charge is 2.16. The second kappa shape index (κ2) is 10.6. The van der Waals surface area contributed by atoms with Gasteiger partial charge in [0, 0.05) is 18.3 Å². The third kappa shape index (κ3) is 6.05. The van der Waals surface area contributed by atoms with Crippen LogP contribution in [0.1, 0.15) is 57.6 Å². The van der Waals surface area contributed by atoms with Crippen LogP contribution in [-0.2, 0) is 24.3 Å². The molecule has 2 aromatic heterocycles. The molecule has 31 heavy (non-hydrogen) atoms. The van der Waals surface area contributed by atoms with Gasteiger partial charge in [0.1, 0.15) is 6.61 Å². The summed E-state index contributed by atoms with van der Waals surface area (Å²) in [6, 6.07) is 10.2. The van der Waals surface area contributed by atoms with E-state index < -0.39 is 5.97 Å². The molecular formula is C21H23N5O4S. The summed E-state index contributed by atoms with van der Waals surface area (Å²) in [6.07, 6.45) is 2.60. The Morgan fingerprint density at radius 2 is 1.87 bits per heavy atom. The van der Waals surface area contributed by atoms with Crippen molar-refractivity contribution in [1.29, 1.82) is 0 Å². The van der Waals surface area contributed by atoms with E-state index in [1.165, 1.54) is 22.4 Å². The van der Waals surface area contributed by atoms with Gasteiger partial charge in [-0.1, -0.05) is 43.7 Å². The first kappa shape index (κ1) is 22.3. The molecule has 0 fully saturated rings. The van der Waals surface area contributed by atoms with Crippen molar-refractivity contribution in [1.82, 2.24) is 20.0 Å². The van der Waals surface area contributed by atoms with E-state index in [0.717, 1.165) is 30.6 Å². The summed E-state index contributed by atoms with van der Waals surface area (Å²) < 4.78 is 6.46. The number of unbranched alkanes of at least 4 members (excludes halogenated alkanes) is 1. The molecule has 2 heterocycles. The number of esters is 1. The lowest BCUT2D eigenvalue weighted by Crippen LogP contribution is -2.25. The lowest BCUT2D eigenvalue weighted by molar-refractivity contribution is 0.0461. The average Bonchev–Trinajstić information content (AvgIpc) is 3.26. The van der Waals surface area contributed by atoms with Crippen LogP contribution in [0.3, 0.4) is 0 Å². The van der Waals surface area contributed by atoms with Gasteiger partial charge in [0.05, 0.1) is 0 Å². The Kier molecular flexibility index (Phi) is 7.60. The van der Waals surface area contributed by atoms with Crippen molar-refractivity contribution in [3.8, 4) is 0 Å². The zero-order chi connectivity index (χ0) is 22.2. The van der Waals surface area contributed by atoms with E-state index in [1.54, 1.807) is 0 Å². The molecule has 0 aliphatic rings. The second-order valence-corrected chi connectivity index (χ2v) is 7.78. The fraction of sp³-hybridized carbons (Fsp3) is 0.333. The molecule has 0 bridgehead atoms. The van der Waals surface area contributed by atoms with Gasteiger partial charge in [-0.3, -0.25) is 9.59 Å². The van der Waals surface area contributed by atoms with Crippen LogP contribution in [0.4, 0.5) is 5.69 Å². The van der Waals surface area contributed by atoms with E-state index in [1.807, 2.05) is 31.2 Å². The molecule has 9 nitrogen and oxygen atoms in total. The van der Waals surface area contributed by atoms with Crippen LogP contribution in [0.2, 0.25) is 0 Å². The van der Waals surface area contributed by atoms with Crippen molar-refractivity contribution in [3.63, 3.8) is 0 Å². The van der Waals surface area contributed by atoms with Crippen LogP contribution in [-0.4, -0.2) is 31.9 Å². The molecule has 3 rings (SSSR count). The van der Waals surface area contributed by atoms with Crippen LogP contribution in [0.25, 0.3) is 0 Å². The summed E-state index contributed by atoms with van der Waals surface area (Å²) in [4.78, 5) is 36.4. The average molecular weight is 442 g/mol. The van der Waals surface area contributed by atoms with Gasteiger partial charge >= 0.3 is 5.97 Å². The molecule has 0 unspecified atom stereocenters. The van der Waals surface area contributed by atoms with E-state index in [9.17, 15) is 14.4 Å². The van der Waals surface area contributed by atoms with E-state index in [2.05, 4.69) is 27.5 Å². The minimum Gasteiger partial charge on any atom is -0.453 e. The number of aryl methyl sites for hydroxylation is 2. The Bertz CT molecular complexity index is 1110. The molecule has 0 spiro atoms. The summed E-state index contributed by atoms with van der Waals surface area (Å²) in [5.41, 5.74) is 1.60. The zero-order valence-corrected chi connectivity index (χ0v) is 18.1. The Labute approximate surface area is 183 Å². The van der Waals surface area contributed by atoms with Crippen LogP contribution in [0.5, 0.6) is 0 Å². The lowest BCUT2D eigenvalue weighted by atomic mass is 10.1. The molecule has 162 valence electrons. The quantitative estimate of drug-likeness (QED) is 0.507. The number of hydrogen-bond donors (Lipinski definition) is 1. The summed E-state index contributed by atoms with van der Waals surface area (Å²) in [6.45, 7) is 4.35. The van der Waals surface area contributed by atoms with Crippen molar-refractivity contribution in [2.75, 3.05) is 5.32 Å². The van der Waals surface area contributed by atoms with Crippen LogP contribution >= 0.6 is 11.3 Å². The fourth-order valence-corrected chi connectivity index (χ4v) is 3.29. The number of carbonyl (C=O) groups is 2. The number of nitrogens with zero attached hydrogens (tertiary/aromatic N) is 4. The molecular weight excluding hydrogens is 418 g/mol. The summed E-state index contributed by atoms with van der Waals surface area (Å²) in [7, 11) is 0. The summed E-state index contributed by atoms with van der Waals surface area (Å²) in [5, 5.41) is 15.1. The molecule has 0 aliphatic carbocycles. The molecule has 0 saturated carbocycles. The third-order valence-corrected chi connectivity index (χ3v) is 5.30. The number of nitrogens with one attached hydrogen (secondary N) is 1. The van der Waals surface area contributed by atoms with Crippen LogP contribution in [0.15, 0.2) is 41.2 Å². The number of benzene rings is 1. The highest BCUT2D eigenvalue weighted by atomic mass is 32.1. The van der Waals surface area contributed by atoms with Gasteiger partial charge in [-0.25, -0.2) is 9.48 Å². The Balaban J connectivity index is 1.57. The maximum absolute atomic E-state index is 12.3. The monoisotopic (exact) mass is 441 g/mol. The van der Waals surface area contributed by atoms with Gasteiger partial charge in [0.2, 0.25) is 5.01 Å². The zero-order valence-electron chi connectivity index (χ0n) is 17.3. The largest absolute Gasteiger partial charge is 0.453 e. The number of amides is 1. The smallest absolute Gasteiger partial charge is 0.359 e. The van der Waals surface area contributed by atoms with Crippen molar-refractivity contribution < 1.29 is 14.3 Å². The van der Waals surface area contributed by atoms with Gasteiger partial charge in [-0.2, -0.15) is 5.10 Å². The maximum atomic E-state index is 12.3. The number of rotatable bonds is 9.